The second-order valence-electron chi connectivity index (χ2n) is 6.98. The Morgan fingerprint density at radius 2 is 1.76 bits per heavy atom. The molecule has 1 unspecified atom stereocenters. The number of amides is 1. The van der Waals surface area contributed by atoms with E-state index in [0.29, 0.717) is 38.8 Å². The molecule has 0 spiro atoms. The number of piperazine rings is 1. The van der Waals surface area contributed by atoms with E-state index in [1.807, 2.05) is 18.2 Å². The molecule has 138 valence electrons. The molecule has 0 aliphatic carbocycles. The van der Waals surface area contributed by atoms with Crippen molar-refractivity contribution >= 4 is 11.8 Å². The molecule has 6 nitrogen and oxygen atoms in total. The number of para-hydroxylation sites is 2. The van der Waals surface area contributed by atoms with Gasteiger partial charge in [-0.3, -0.25) is 4.90 Å². The summed E-state index contributed by atoms with van der Waals surface area (Å²) in [5, 5.41) is 9.10. The maximum atomic E-state index is 11.1. The summed E-state index contributed by atoms with van der Waals surface area (Å²) in [7, 11) is 0. The van der Waals surface area contributed by atoms with Crippen molar-refractivity contribution in [2.45, 2.75) is 32.2 Å². The topological polar surface area (TPSA) is 56.3 Å². The molecule has 1 atom stereocenters. The van der Waals surface area contributed by atoms with Gasteiger partial charge < -0.3 is 19.6 Å². The Hall–Kier alpha value is -1.95. The molecule has 6 heteroatoms. The number of anilines is 1. The summed E-state index contributed by atoms with van der Waals surface area (Å²) in [4.78, 5) is 17.3. The molecule has 1 aromatic carbocycles. The number of rotatable bonds is 5. The third kappa shape index (κ3) is 4.57. The van der Waals surface area contributed by atoms with E-state index >= 15 is 0 Å². The third-order valence-electron chi connectivity index (χ3n) is 5.25. The van der Waals surface area contributed by atoms with Gasteiger partial charge in [0.25, 0.3) is 0 Å². The second-order valence-corrected chi connectivity index (χ2v) is 6.98. The van der Waals surface area contributed by atoms with Crippen molar-refractivity contribution in [2.75, 3.05) is 50.8 Å². The van der Waals surface area contributed by atoms with Gasteiger partial charge in [0.2, 0.25) is 0 Å². The molecule has 2 fully saturated rings. The first kappa shape index (κ1) is 17.9. The lowest BCUT2D eigenvalue weighted by Crippen LogP contribution is -2.48. The molecule has 2 aliphatic rings. The summed E-state index contributed by atoms with van der Waals surface area (Å²) in [6.45, 7) is 7.74. The van der Waals surface area contributed by atoms with Gasteiger partial charge >= 0.3 is 6.09 Å². The van der Waals surface area contributed by atoms with E-state index in [0.717, 1.165) is 11.4 Å². The van der Waals surface area contributed by atoms with E-state index in [2.05, 4.69) is 22.8 Å². The largest absolute Gasteiger partial charge is 0.490 e. The highest BCUT2D eigenvalue weighted by molar-refractivity contribution is 5.66. The quantitative estimate of drug-likeness (QED) is 0.888. The molecular formula is C19H29N3O3. The van der Waals surface area contributed by atoms with Crippen LogP contribution in [0.4, 0.5) is 10.5 Å². The molecule has 0 aromatic heterocycles. The van der Waals surface area contributed by atoms with Gasteiger partial charge in [0.15, 0.2) is 0 Å². The van der Waals surface area contributed by atoms with Gasteiger partial charge in [-0.25, -0.2) is 4.79 Å². The van der Waals surface area contributed by atoms with E-state index in [4.69, 9.17) is 9.84 Å². The molecule has 0 radical (unpaired) electrons. The maximum Gasteiger partial charge on any atom is 0.407 e. The number of hydrogen-bond donors (Lipinski definition) is 1. The fourth-order valence-electron chi connectivity index (χ4n) is 3.65. The van der Waals surface area contributed by atoms with E-state index in [-0.39, 0.29) is 0 Å². The molecule has 2 aliphatic heterocycles. The smallest absolute Gasteiger partial charge is 0.407 e. The molecule has 2 saturated heterocycles. The Kier molecular flexibility index (Phi) is 6.02. The van der Waals surface area contributed by atoms with Crippen LogP contribution in [0.1, 0.15) is 26.2 Å². The number of piperidine rings is 1. The number of benzene rings is 1. The fourth-order valence-corrected chi connectivity index (χ4v) is 3.65. The Balaban J connectivity index is 1.58. The average Bonchev–Trinajstić information content (AvgIpc) is 2.67. The molecule has 25 heavy (non-hydrogen) atoms. The normalized spacial score (nSPS) is 20.4. The Morgan fingerprint density at radius 1 is 1.08 bits per heavy atom. The zero-order valence-corrected chi connectivity index (χ0v) is 15.1. The van der Waals surface area contributed by atoms with Crippen LogP contribution in [0.3, 0.4) is 0 Å². The molecule has 1 aromatic rings. The Morgan fingerprint density at radius 3 is 2.44 bits per heavy atom. The summed E-state index contributed by atoms with van der Waals surface area (Å²) in [6, 6.07) is 8.51. The van der Waals surface area contributed by atoms with Crippen molar-refractivity contribution in [3.63, 3.8) is 0 Å². The summed E-state index contributed by atoms with van der Waals surface area (Å²) in [6.07, 6.45) is 3.08. The third-order valence-corrected chi connectivity index (χ3v) is 5.25. The molecule has 1 amide bonds. The second kappa shape index (κ2) is 8.43. The maximum absolute atomic E-state index is 11.1. The van der Waals surface area contributed by atoms with Crippen LogP contribution in [-0.2, 0) is 0 Å². The summed E-state index contributed by atoms with van der Waals surface area (Å²) >= 11 is 0. The first-order valence-electron chi connectivity index (χ1n) is 9.34. The number of carboxylic acid groups (broad SMARTS) is 1. The minimum absolute atomic E-state index is 0.414. The SMILES string of the molecule is CC(COc1ccccc1N1CCN(C(=O)O)CC1)N1CCCCC1. The monoisotopic (exact) mass is 347 g/mol. The fraction of sp³-hybridized carbons (Fsp3) is 0.632. The Bertz CT molecular complexity index is 567. The van der Waals surface area contributed by atoms with Gasteiger partial charge in [-0.2, -0.15) is 0 Å². The van der Waals surface area contributed by atoms with Crippen molar-refractivity contribution in [3.05, 3.63) is 24.3 Å². The van der Waals surface area contributed by atoms with Crippen molar-refractivity contribution in [3.8, 4) is 5.75 Å². The molecule has 0 saturated carbocycles. The van der Waals surface area contributed by atoms with Gasteiger partial charge in [-0.05, 0) is 45.0 Å². The van der Waals surface area contributed by atoms with Crippen LogP contribution in [0.5, 0.6) is 5.75 Å². The van der Waals surface area contributed by atoms with E-state index < -0.39 is 6.09 Å². The molecule has 1 N–H and O–H groups in total. The minimum atomic E-state index is -0.834. The van der Waals surface area contributed by atoms with E-state index in [1.165, 1.54) is 37.3 Å². The van der Waals surface area contributed by atoms with E-state index in [9.17, 15) is 4.79 Å². The van der Waals surface area contributed by atoms with Gasteiger partial charge in [0, 0.05) is 32.2 Å². The zero-order valence-electron chi connectivity index (χ0n) is 15.1. The van der Waals surface area contributed by atoms with Gasteiger partial charge in [0.1, 0.15) is 12.4 Å². The van der Waals surface area contributed by atoms with Crippen LogP contribution in [0.2, 0.25) is 0 Å². The lowest BCUT2D eigenvalue weighted by Gasteiger charge is -2.36. The van der Waals surface area contributed by atoms with Crippen molar-refractivity contribution in [1.82, 2.24) is 9.80 Å². The zero-order chi connectivity index (χ0) is 17.6. The summed E-state index contributed by atoms with van der Waals surface area (Å²) < 4.78 is 6.17. The van der Waals surface area contributed by atoms with Crippen LogP contribution in [0.15, 0.2) is 24.3 Å². The molecule has 0 bridgehead atoms. The summed E-state index contributed by atoms with van der Waals surface area (Å²) in [5.41, 5.74) is 1.07. The molecule has 2 heterocycles. The predicted molar refractivity (Wildman–Crippen MR) is 98.6 cm³/mol. The van der Waals surface area contributed by atoms with Crippen LogP contribution in [0.25, 0.3) is 0 Å². The number of nitrogens with zero attached hydrogens (tertiary/aromatic N) is 3. The first-order valence-corrected chi connectivity index (χ1v) is 9.34. The lowest BCUT2D eigenvalue weighted by atomic mass is 10.1. The van der Waals surface area contributed by atoms with Crippen molar-refractivity contribution in [2.24, 2.45) is 0 Å². The minimum Gasteiger partial charge on any atom is -0.490 e. The molecule has 3 rings (SSSR count). The highest BCUT2D eigenvalue weighted by Crippen LogP contribution is 2.29. The van der Waals surface area contributed by atoms with Crippen LogP contribution in [0, 0.1) is 0 Å². The van der Waals surface area contributed by atoms with Gasteiger partial charge in [0.05, 0.1) is 5.69 Å². The number of hydrogen-bond acceptors (Lipinski definition) is 4. The summed E-state index contributed by atoms with van der Waals surface area (Å²) in [5.74, 6) is 0.898. The Labute approximate surface area is 150 Å². The molecular weight excluding hydrogens is 318 g/mol. The highest BCUT2D eigenvalue weighted by Gasteiger charge is 2.23. The van der Waals surface area contributed by atoms with Gasteiger partial charge in [-0.1, -0.05) is 18.6 Å². The average molecular weight is 347 g/mol. The highest BCUT2D eigenvalue weighted by atomic mass is 16.5. The van der Waals surface area contributed by atoms with Crippen LogP contribution < -0.4 is 9.64 Å². The van der Waals surface area contributed by atoms with Crippen molar-refractivity contribution < 1.29 is 14.6 Å². The number of likely N-dealkylation sites (tertiary alicyclic amines) is 1. The first-order chi connectivity index (χ1) is 12.1. The van der Waals surface area contributed by atoms with Crippen LogP contribution in [-0.4, -0.2) is 72.9 Å². The lowest BCUT2D eigenvalue weighted by molar-refractivity contribution is 0.125. The standard InChI is InChI=1S/C19H29N3O3/c1-16(20-9-5-2-6-10-20)15-25-18-8-4-3-7-17(18)21-11-13-22(14-12-21)19(23)24/h3-4,7-8,16H,2,5-6,9-15H2,1H3,(H,23,24). The van der Waals surface area contributed by atoms with Crippen LogP contribution >= 0.6 is 0 Å². The number of carbonyl (C=O) groups is 1. The van der Waals surface area contributed by atoms with Crippen molar-refractivity contribution in [1.29, 1.82) is 0 Å². The van der Waals surface area contributed by atoms with E-state index in [1.54, 1.807) is 0 Å². The van der Waals surface area contributed by atoms with Gasteiger partial charge in [-0.15, -0.1) is 0 Å². The number of ether oxygens (including phenoxy) is 1. The predicted octanol–water partition coefficient (Wildman–Crippen LogP) is 2.74.